The van der Waals surface area contributed by atoms with Crippen molar-refractivity contribution in [2.24, 2.45) is 4.99 Å². The molecule has 3 nitrogen and oxygen atoms in total. The highest BCUT2D eigenvalue weighted by Crippen LogP contribution is 2.15. The van der Waals surface area contributed by atoms with E-state index in [4.69, 9.17) is 4.42 Å². The van der Waals surface area contributed by atoms with Gasteiger partial charge < -0.3 is 4.42 Å². The lowest BCUT2D eigenvalue weighted by atomic mass is 10.1. The van der Waals surface area contributed by atoms with Crippen LogP contribution in [0.15, 0.2) is 52.2 Å². The summed E-state index contributed by atoms with van der Waals surface area (Å²) in [6, 6.07) is 12.4. The van der Waals surface area contributed by atoms with Crippen molar-refractivity contribution in [3.05, 3.63) is 65.0 Å². The van der Waals surface area contributed by atoms with Crippen LogP contribution in [0.5, 0.6) is 0 Å². The molecule has 3 heteroatoms. The van der Waals surface area contributed by atoms with Crippen molar-refractivity contribution in [2.75, 3.05) is 0 Å². The Morgan fingerprint density at radius 1 is 1.00 bits per heavy atom. The van der Waals surface area contributed by atoms with E-state index in [1.807, 2.05) is 31.3 Å². The Balaban J connectivity index is 0.000000121. The van der Waals surface area contributed by atoms with Crippen molar-refractivity contribution in [1.82, 2.24) is 4.98 Å². The maximum Gasteiger partial charge on any atom is 0.181 e. The maximum atomic E-state index is 5.09. The number of hydrogen-bond donors (Lipinski definition) is 0. The maximum absolute atomic E-state index is 5.09. The van der Waals surface area contributed by atoms with Crippen LogP contribution in [0.3, 0.4) is 0 Å². The third-order valence-corrected chi connectivity index (χ3v) is 3.28. The highest BCUT2D eigenvalue weighted by atomic mass is 16.3. The molecule has 100 valence electrons. The van der Waals surface area contributed by atoms with E-state index in [0.29, 0.717) is 0 Å². The lowest BCUT2D eigenvalue weighted by Crippen LogP contribution is -1.83. The van der Waals surface area contributed by atoms with Crippen molar-refractivity contribution in [3.8, 4) is 0 Å². The fraction of sp³-hybridized carbons (Fsp3) is 0.176. The quantitative estimate of drug-likeness (QED) is 0.614. The van der Waals surface area contributed by atoms with E-state index in [9.17, 15) is 0 Å². The number of oxazole rings is 1. The molecule has 1 aliphatic rings. The summed E-state index contributed by atoms with van der Waals surface area (Å²) in [6.45, 7) is 5.01. The second-order valence-corrected chi connectivity index (χ2v) is 5.00. The minimum atomic E-state index is 0.861. The molecule has 1 aromatic heterocycles. The lowest BCUT2D eigenvalue weighted by Gasteiger charge is -1.96. The summed E-state index contributed by atoms with van der Waals surface area (Å²) in [6.07, 6.45) is 3.40. The Bertz CT molecular complexity index is 772. The van der Waals surface area contributed by atoms with Gasteiger partial charge in [-0.1, -0.05) is 29.8 Å². The molecule has 0 spiro atoms. The van der Waals surface area contributed by atoms with Gasteiger partial charge in [0.1, 0.15) is 5.52 Å². The molecule has 0 N–H and O–H groups in total. The Morgan fingerprint density at radius 2 is 1.80 bits per heavy atom. The molecular weight excluding hydrogens is 248 g/mol. The molecule has 0 bridgehead atoms. The normalized spacial score (nSPS) is 12.1. The van der Waals surface area contributed by atoms with E-state index in [-0.39, 0.29) is 0 Å². The standard InChI is InChI=1S/C9H9N.C8H7NO/c1-7-2-3-8-5-10-6-9(8)4-7;1-6-2-3-7-8(4-6)10-5-9-7/h2-5H,6H2,1H3;2-5H,1H3. The smallest absolute Gasteiger partial charge is 0.181 e. The zero-order valence-corrected chi connectivity index (χ0v) is 11.6. The van der Waals surface area contributed by atoms with Gasteiger partial charge in [-0.25, -0.2) is 4.98 Å². The first-order valence-corrected chi connectivity index (χ1v) is 6.61. The molecule has 3 aromatic rings. The van der Waals surface area contributed by atoms with Crippen LogP contribution >= 0.6 is 0 Å². The van der Waals surface area contributed by atoms with Crippen molar-refractivity contribution in [2.45, 2.75) is 20.4 Å². The average molecular weight is 264 g/mol. The average Bonchev–Trinajstić information content (AvgIpc) is 3.06. The van der Waals surface area contributed by atoms with Crippen molar-refractivity contribution < 1.29 is 4.42 Å². The molecule has 2 aromatic carbocycles. The third-order valence-electron chi connectivity index (χ3n) is 3.28. The minimum Gasteiger partial charge on any atom is -0.443 e. The summed E-state index contributed by atoms with van der Waals surface area (Å²) < 4.78 is 5.09. The zero-order chi connectivity index (χ0) is 13.9. The van der Waals surface area contributed by atoms with Gasteiger partial charge in [-0.05, 0) is 42.7 Å². The van der Waals surface area contributed by atoms with E-state index in [2.05, 4.69) is 35.1 Å². The molecule has 0 saturated heterocycles. The van der Waals surface area contributed by atoms with Gasteiger partial charge in [0.15, 0.2) is 12.0 Å². The van der Waals surface area contributed by atoms with Crippen LogP contribution in [0.4, 0.5) is 0 Å². The Morgan fingerprint density at radius 3 is 2.70 bits per heavy atom. The second-order valence-electron chi connectivity index (χ2n) is 5.00. The third kappa shape index (κ3) is 2.62. The molecule has 0 amide bonds. The van der Waals surface area contributed by atoms with E-state index < -0.39 is 0 Å². The molecule has 0 unspecified atom stereocenters. The fourth-order valence-corrected chi connectivity index (χ4v) is 2.20. The molecule has 4 rings (SSSR count). The Kier molecular flexibility index (Phi) is 3.33. The number of nitrogens with zero attached hydrogens (tertiary/aromatic N) is 2. The predicted octanol–water partition coefficient (Wildman–Crippen LogP) is 4.06. The summed E-state index contributed by atoms with van der Waals surface area (Å²) >= 11 is 0. The van der Waals surface area contributed by atoms with Gasteiger partial charge in [0.05, 0.1) is 6.54 Å². The molecule has 2 heterocycles. The van der Waals surface area contributed by atoms with Crippen LogP contribution in [0.1, 0.15) is 22.3 Å². The number of aryl methyl sites for hydroxylation is 2. The van der Waals surface area contributed by atoms with E-state index >= 15 is 0 Å². The highest BCUT2D eigenvalue weighted by molar-refractivity contribution is 5.84. The Hall–Kier alpha value is -2.42. The minimum absolute atomic E-state index is 0.861. The van der Waals surface area contributed by atoms with Gasteiger partial charge in [0.2, 0.25) is 0 Å². The van der Waals surface area contributed by atoms with Gasteiger partial charge >= 0.3 is 0 Å². The first-order valence-electron chi connectivity index (χ1n) is 6.61. The zero-order valence-electron chi connectivity index (χ0n) is 11.6. The first-order chi connectivity index (χ1) is 9.72. The number of aromatic nitrogens is 1. The van der Waals surface area contributed by atoms with Crippen LogP contribution in [-0.4, -0.2) is 11.2 Å². The molecule has 0 radical (unpaired) electrons. The molecule has 0 atom stereocenters. The monoisotopic (exact) mass is 264 g/mol. The lowest BCUT2D eigenvalue weighted by molar-refractivity contribution is 0.602. The van der Waals surface area contributed by atoms with E-state index in [1.54, 1.807) is 0 Å². The number of rotatable bonds is 0. The van der Waals surface area contributed by atoms with Crippen LogP contribution in [0, 0.1) is 13.8 Å². The predicted molar refractivity (Wildman–Crippen MR) is 81.2 cm³/mol. The summed E-state index contributed by atoms with van der Waals surface area (Å²) in [5, 5.41) is 0. The molecule has 0 aliphatic carbocycles. The molecule has 0 fully saturated rings. The van der Waals surface area contributed by atoms with Gasteiger partial charge in [0, 0.05) is 6.21 Å². The fourth-order valence-electron chi connectivity index (χ4n) is 2.20. The topological polar surface area (TPSA) is 38.4 Å². The van der Waals surface area contributed by atoms with Gasteiger partial charge in [-0.2, -0.15) is 0 Å². The van der Waals surface area contributed by atoms with Gasteiger partial charge in [0.25, 0.3) is 0 Å². The number of benzene rings is 2. The van der Waals surface area contributed by atoms with Crippen molar-refractivity contribution in [3.63, 3.8) is 0 Å². The van der Waals surface area contributed by atoms with Crippen LogP contribution < -0.4 is 0 Å². The molecule has 0 saturated carbocycles. The van der Waals surface area contributed by atoms with E-state index in [1.165, 1.54) is 28.6 Å². The number of fused-ring (bicyclic) bond motifs is 2. The highest BCUT2D eigenvalue weighted by Gasteiger charge is 2.03. The van der Waals surface area contributed by atoms with Crippen LogP contribution in [0.2, 0.25) is 0 Å². The summed E-state index contributed by atoms with van der Waals surface area (Å²) in [4.78, 5) is 8.16. The van der Waals surface area contributed by atoms with Crippen molar-refractivity contribution >= 4 is 17.3 Å². The van der Waals surface area contributed by atoms with Gasteiger partial charge in [-0.15, -0.1) is 0 Å². The van der Waals surface area contributed by atoms with Crippen LogP contribution in [-0.2, 0) is 6.54 Å². The first kappa shape index (κ1) is 12.6. The van der Waals surface area contributed by atoms with Gasteiger partial charge in [-0.3, -0.25) is 4.99 Å². The molecule has 1 aliphatic heterocycles. The summed E-state index contributed by atoms with van der Waals surface area (Å²) in [5.41, 5.74) is 6.95. The van der Waals surface area contributed by atoms with Crippen molar-refractivity contribution in [1.29, 1.82) is 0 Å². The summed E-state index contributed by atoms with van der Waals surface area (Å²) in [5.74, 6) is 0. The summed E-state index contributed by atoms with van der Waals surface area (Å²) in [7, 11) is 0. The molecule has 20 heavy (non-hydrogen) atoms. The van der Waals surface area contributed by atoms with Crippen LogP contribution in [0.25, 0.3) is 11.1 Å². The largest absolute Gasteiger partial charge is 0.443 e. The number of hydrogen-bond acceptors (Lipinski definition) is 3. The number of aliphatic imine (C=N–C) groups is 1. The second kappa shape index (κ2) is 5.29. The SMILES string of the molecule is Cc1ccc2c(c1)CN=C2.Cc1ccc2ncoc2c1. The van der Waals surface area contributed by atoms with E-state index in [0.717, 1.165) is 17.6 Å². The molecular formula is C17H16N2O. The Labute approximate surface area is 118 Å².